The molecule has 1 fully saturated rings. The van der Waals surface area contributed by atoms with E-state index in [9.17, 15) is 4.79 Å². The summed E-state index contributed by atoms with van der Waals surface area (Å²) in [6.45, 7) is 4.39. The molecule has 1 aliphatic rings. The van der Waals surface area contributed by atoms with Crippen LogP contribution >= 0.6 is 0 Å². The van der Waals surface area contributed by atoms with E-state index in [2.05, 4.69) is 6.92 Å². The standard InChI is InChI=1S/C14H26O3/c1-4-17-14(15)10-13(11(2)16-3)12-8-6-5-7-9-12/h11-13H,4-10H2,1-3H3/t11-,13-/m1/s1. The maximum absolute atomic E-state index is 11.6. The van der Waals surface area contributed by atoms with Gasteiger partial charge in [0.05, 0.1) is 19.1 Å². The largest absolute Gasteiger partial charge is 0.466 e. The van der Waals surface area contributed by atoms with Crippen LogP contribution in [0.5, 0.6) is 0 Å². The molecular formula is C14H26O3. The molecule has 0 radical (unpaired) electrons. The quantitative estimate of drug-likeness (QED) is 0.671. The highest BCUT2D eigenvalue weighted by molar-refractivity contribution is 5.69. The first-order valence-corrected chi connectivity index (χ1v) is 6.87. The number of hydrogen-bond acceptors (Lipinski definition) is 3. The van der Waals surface area contributed by atoms with E-state index in [0.717, 1.165) is 0 Å². The summed E-state index contributed by atoms with van der Waals surface area (Å²) in [7, 11) is 1.73. The summed E-state index contributed by atoms with van der Waals surface area (Å²) >= 11 is 0. The van der Waals surface area contributed by atoms with Crippen LogP contribution in [0.25, 0.3) is 0 Å². The van der Waals surface area contributed by atoms with Crippen LogP contribution in [0.3, 0.4) is 0 Å². The lowest BCUT2D eigenvalue weighted by atomic mass is 9.76. The third-order valence-corrected chi connectivity index (χ3v) is 3.94. The van der Waals surface area contributed by atoms with Crippen LogP contribution in [0.1, 0.15) is 52.4 Å². The van der Waals surface area contributed by atoms with Gasteiger partial charge >= 0.3 is 5.97 Å². The molecule has 0 bridgehead atoms. The Balaban J connectivity index is 2.55. The minimum atomic E-state index is -0.0769. The average molecular weight is 242 g/mol. The van der Waals surface area contributed by atoms with Crippen LogP contribution in [-0.4, -0.2) is 25.8 Å². The zero-order chi connectivity index (χ0) is 12.7. The lowest BCUT2D eigenvalue weighted by Crippen LogP contribution is -2.31. The van der Waals surface area contributed by atoms with E-state index in [4.69, 9.17) is 9.47 Å². The van der Waals surface area contributed by atoms with Gasteiger partial charge in [0.1, 0.15) is 0 Å². The Hall–Kier alpha value is -0.570. The molecule has 0 amide bonds. The van der Waals surface area contributed by atoms with Crippen LogP contribution in [0, 0.1) is 11.8 Å². The molecule has 0 spiro atoms. The zero-order valence-corrected chi connectivity index (χ0v) is 11.4. The van der Waals surface area contributed by atoms with Crippen LogP contribution in [-0.2, 0) is 14.3 Å². The maximum atomic E-state index is 11.6. The van der Waals surface area contributed by atoms with Gasteiger partial charge in [-0.2, -0.15) is 0 Å². The average Bonchev–Trinajstić information content (AvgIpc) is 2.36. The molecule has 0 aliphatic heterocycles. The zero-order valence-electron chi connectivity index (χ0n) is 11.4. The minimum Gasteiger partial charge on any atom is -0.466 e. The Labute approximate surface area is 105 Å². The number of ether oxygens (including phenoxy) is 2. The fourth-order valence-electron chi connectivity index (χ4n) is 2.87. The van der Waals surface area contributed by atoms with Crippen molar-refractivity contribution in [1.82, 2.24) is 0 Å². The highest BCUT2D eigenvalue weighted by Gasteiger charge is 2.30. The summed E-state index contributed by atoms with van der Waals surface area (Å²) in [5.41, 5.74) is 0. The lowest BCUT2D eigenvalue weighted by molar-refractivity contribution is -0.146. The van der Waals surface area contributed by atoms with Gasteiger partial charge in [-0.15, -0.1) is 0 Å². The van der Waals surface area contributed by atoms with E-state index in [0.29, 0.717) is 24.9 Å². The van der Waals surface area contributed by atoms with Gasteiger partial charge in [-0.05, 0) is 25.7 Å². The Morgan fingerprint density at radius 1 is 1.29 bits per heavy atom. The molecule has 0 aromatic carbocycles. The van der Waals surface area contributed by atoms with Crippen LogP contribution in [0.2, 0.25) is 0 Å². The summed E-state index contributed by atoms with van der Waals surface area (Å²) in [6, 6.07) is 0. The SMILES string of the molecule is CCOC(=O)C[C@@H](C1CCCCC1)[C@@H](C)OC. The monoisotopic (exact) mass is 242 g/mol. The third kappa shape index (κ3) is 4.66. The van der Waals surface area contributed by atoms with Crippen molar-refractivity contribution >= 4 is 5.97 Å². The molecule has 0 aromatic rings. The molecule has 0 aromatic heterocycles. The molecule has 3 nitrogen and oxygen atoms in total. The fraction of sp³-hybridized carbons (Fsp3) is 0.929. The highest BCUT2D eigenvalue weighted by atomic mass is 16.5. The normalized spacial score (nSPS) is 20.9. The molecule has 0 N–H and O–H groups in total. The van der Waals surface area contributed by atoms with Crippen LogP contribution in [0.4, 0.5) is 0 Å². The Morgan fingerprint density at radius 2 is 1.94 bits per heavy atom. The lowest BCUT2D eigenvalue weighted by Gasteiger charge is -2.33. The number of carbonyl (C=O) groups is 1. The number of methoxy groups -OCH3 is 1. The Kier molecular flexibility index (Phi) is 6.56. The van der Waals surface area contributed by atoms with E-state index in [-0.39, 0.29) is 12.1 Å². The topological polar surface area (TPSA) is 35.5 Å². The molecule has 1 saturated carbocycles. The van der Waals surface area contributed by atoms with E-state index >= 15 is 0 Å². The first kappa shape index (κ1) is 14.5. The molecular weight excluding hydrogens is 216 g/mol. The molecule has 2 atom stereocenters. The highest BCUT2D eigenvalue weighted by Crippen LogP contribution is 2.34. The molecule has 100 valence electrons. The van der Waals surface area contributed by atoms with E-state index in [1.807, 2.05) is 6.92 Å². The van der Waals surface area contributed by atoms with Crippen molar-refractivity contribution in [2.75, 3.05) is 13.7 Å². The Morgan fingerprint density at radius 3 is 2.47 bits per heavy atom. The molecule has 3 heteroatoms. The summed E-state index contributed by atoms with van der Waals surface area (Å²) in [5.74, 6) is 0.870. The van der Waals surface area contributed by atoms with Crippen molar-refractivity contribution in [2.45, 2.75) is 58.5 Å². The van der Waals surface area contributed by atoms with Crippen LogP contribution < -0.4 is 0 Å². The first-order valence-electron chi connectivity index (χ1n) is 6.87. The summed E-state index contributed by atoms with van der Waals surface area (Å²) in [6.07, 6.45) is 7.04. The predicted molar refractivity (Wildman–Crippen MR) is 67.8 cm³/mol. The third-order valence-electron chi connectivity index (χ3n) is 3.94. The molecule has 17 heavy (non-hydrogen) atoms. The van der Waals surface area contributed by atoms with Gasteiger partial charge in [-0.25, -0.2) is 0 Å². The van der Waals surface area contributed by atoms with Crippen molar-refractivity contribution < 1.29 is 14.3 Å². The predicted octanol–water partition coefficient (Wildman–Crippen LogP) is 3.17. The van der Waals surface area contributed by atoms with Gasteiger partial charge in [0.15, 0.2) is 0 Å². The second-order valence-electron chi connectivity index (χ2n) is 5.01. The van der Waals surface area contributed by atoms with Gasteiger partial charge in [0, 0.05) is 7.11 Å². The van der Waals surface area contributed by atoms with Crippen molar-refractivity contribution in [1.29, 1.82) is 0 Å². The van der Waals surface area contributed by atoms with Gasteiger partial charge in [0.25, 0.3) is 0 Å². The second-order valence-corrected chi connectivity index (χ2v) is 5.01. The van der Waals surface area contributed by atoms with Gasteiger partial charge in [-0.3, -0.25) is 4.79 Å². The van der Waals surface area contributed by atoms with E-state index in [1.54, 1.807) is 7.11 Å². The number of carbonyl (C=O) groups excluding carboxylic acids is 1. The van der Waals surface area contributed by atoms with Gasteiger partial charge in [-0.1, -0.05) is 32.1 Å². The smallest absolute Gasteiger partial charge is 0.306 e. The maximum Gasteiger partial charge on any atom is 0.306 e. The second kappa shape index (κ2) is 7.70. The van der Waals surface area contributed by atoms with Gasteiger partial charge in [0.2, 0.25) is 0 Å². The summed E-state index contributed by atoms with van der Waals surface area (Å²) in [4.78, 5) is 11.6. The van der Waals surface area contributed by atoms with Gasteiger partial charge < -0.3 is 9.47 Å². The van der Waals surface area contributed by atoms with Crippen molar-refractivity contribution in [3.05, 3.63) is 0 Å². The molecule has 1 rings (SSSR count). The van der Waals surface area contributed by atoms with E-state index < -0.39 is 0 Å². The first-order chi connectivity index (χ1) is 8.19. The van der Waals surface area contributed by atoms with Crippen molar-refractivity contribution in [3.8, 4) is 0 Å². The fourth-order valence-corrected chi connectivity index (χ4v) is 2.87. The summed E-state index contributed by atoms with van der Waals surface area (Å²) < 4.78 is 10.5. The molecule has 0 unspecified atom stereocenters. The van der Waals surface area contributed by atoms with E-state index in [1.165, 1.54) is 32.1 Å². The van der Waals surface area contributed by atoms with Crippen molar-refractivity contribution in [3.63, 3.8) is 0 Å². The molecule has 0 saturated heterocycles. The van der Waals surface area contributed by atoms with Crippen LogP contribution in [0.15, 0.2) is 0 Å². The minimum absolute atomic E-state index is 0.0769. The number of esters is 1. The number of hydrogen-bond donors (Lipinski definition) is 0. The number of rotatable bonds is 6. The molecule has 0 heterocycles. The Bertz CT molecular complexity index is 222. The summed E-state index contributed by atoms with van der Waals surface area (Å²) in [5, 5.41) is 0. The molecule has 1 aliphatic carbocycles. The van der Waals surface area contributed by atoms with Crippen molar-refractivity contribution in [2.24, 2.45) is 11.8 Å².